The fraction of sp³-hybridized carbons (Fsp3) is 0.800. The van der Waals surface area contributed by atoms with Crippen molar-refractivity contribution < 1.29 is 23.8 Å². The van der Waals surface area contributed by atoms with Crippen LogP contribution in [0.1, 0.15) is 38.5 Å². The number of nitrogens with zero attached hydrogens (tertiary/aromatic N) is 3. The van der Waals surface area contributed by atoms with Gasteiger partial charge in [0.2, 0.25) is 6.20 Å². The highest BCUT2D eigenvalue weighted by Gasteiger charge is 2.29. The Morgan fingerprint density at radius 1 is 1.41 bits per heavy atom. The van der Waals surface area contributed by atoms with Crippen LogP contribution in [0.2, 0.25) is 0 Å². The molecule has 0 N–H and O–H groups in total. The van der Waals surface area contributed by atoms with Crippen molar-refractivity contribution >= 4 is 5.91 Å². The fourth-order valence-corrected chi connectivity index (χ4v) is 3.46. The highest BCUT2D eigenvalue weighted by atomic mass is 16.6. The minimum Gasteiger partial charge on any atom is -0.539 e. The van der Waals surface area contributed by atoms with Crippen LogP contribution in [-0.4, -0.2) is 41.9 Å². The van der Waals surface area contributed by atoms with Crippen LogP contribution in [0.25, 0.3) is 0 Å². The fourth-order valence-electron chi connectivity index (χ4n) is 3.46. The van der Waals surface area contributed by atoms with Crippen molar-refractivity contribution in [2.45, 2.75) is 51.2 Å². The molecule has 7 heteroatoms. The van der Waals surface area contributed by atoms with Crippen LogP contribution in [0.5, 0.6) is 5.95 Å². The number of carbonyl (C=O) groups is 1. The van der Waals surface area contributed by atoms with Gasteiger partial charge in [0, 0.05) is 13.1 Å². The summed E-state index contributed by atoms with van der Waals surface area (Å²) in [6, 6.07) is 0. The standard InChI is InChI=1S/C15H23N3O4/c19-14(10-18-11-15(20)22-16-18)17-6-7-21-13(9-17)8-12-4-2-1-3-5-12/h11-13H,1-10H2. The van der Waals surface area contributed by atoms with E-state index in [0.717, 1.165) is 12.3 Å². The van der Waals surface area contributed by atoms with E-state index in [-0.39, 0.29) is 18.6 Å². The van der Waals surface area contributed by atoms with Gasteiger partial charge in [0.25, 0.3) is 12.5 Å². The van der Waals surface area contributed by atoms with Gasteiger partial charge in [-0.05, 0) is 12.3 Å². The maximum Gasteiger partial charge on any atom is 0.291 e. The lowest BCUT2D eigenvalue weighted by Gasteiger charge is -2.34. The molecule has 2 fully saturated rings. The highest BCUT2D eigenvalue weighted by molar-refractivity contribution is 5.74. The van der Waals surface area contributed by atoms with Gasteiger partial charge < -0.3 is 19.3 Å². The monoisotopic (exact) mass is 309 g/mol. The van der Waals surface area contributed by atoms with Crippen molar-refractivity contribution in [2.24, 2.45) is 5.92 Å². The Labute approximate surface area is 129 Å². The van der Waals surface area contributed by atoms with Crippen molar-refractivity contribution in [3.05, 3.63) is 6.20 Å². The molecule has 7 nitrogen and oxygen atoms in total. The molecule has 1 saturated carbocycles. The molecular weight excluding hydrogens is 286 g/mol. The van der Waals surface area contributed by atoms with E-state index >= 15 is 0 Å². The van der Waals surface area contributed by atoms with Gasteiger partial charge in [-0.1, -0.05) is 36.8 Å². The zero-order valence-corrected chi connectivity index (χ0v) is 12.8. The molecule has 0 bridgehead atoms. The Hall–Kier alpha value is -1.63. The highest BCUT2D eigenvalue weighted by Crippen LogP contribution is 2.28. The first-order valence-electron chi connectivity index (χ1n) is 8.13. The van der Waals surface area contributed by atoms with E-state index in [1.807, 2.05) is 4.90 Å². The molecule has 0 aromatic carbocycles. The van der Waals surface area contributed by atoms with Gasteiger partial charge >= 0.3 is 0 Å². The van der Waals surface area contributed by atoms with Crippen LogP contribution in [-0.2, 0) is 16.1 Å². The summed E-state index contributed by atoms with van der Waals surface area (Å²) in [5.74, 6) is 0.155. The summed E-state index contributed by atoms with van der Waals surface area (Å²) in [4.78, 5) is 14.1. The maximum absolute atomic E-state index is 12.3. The SMILES string of the molecule is O=C(C[n+]1cc([O-])on1)N1CCOC(CC2CCCCC2)C1. The number of morpholine rings is 1. The molecule has 1 unspecified atom stereocenters. The largest absolute Gasteiger partial charge is 0.539 e. The van der Waals surface area contributed by atoms with Crippen LogP contribution in [0, 0.1) is 5.92 Å². The lowest BCUT2D eigenvalue weighted by atomic mass is 9.85. The van der Waals surface area contributed by atoms with Crippen molar-refractivity contribution in [3.63, 3.8) is 0 Å². The van der Waals surface area contributed by atoms with E-state index < -0.39 is 5.95 Å². The molecule has 1 saturated heterocycles. The average molecular weight is 309 g/mol. The molecule has 0 spiro atoms. The summed E-state index contributed by atoms with van der Waals surface area (Å²) in [6.07, 6.45) is 8.94. The van der Waals surface area contributed by atoms with Gasteiger partial charge in [0.15, 0.2) is 0 Å². The van der Waals surface area contributed by atoms with Crippen molar-refractivity contribution in [2.75, 3.05) is 19.7 Å². The second kappa shape index (κ2) is 7.09. The third-order valence-corrected chi connectivity index (χ3v) is 4.60. The van der Waals surface area contributed by atoms with Gasteiger partial charge in [-0.25, -0.2) is 0 Å². The van der Waals surface area contributed by atoms with Crippen LogP contribution < -0.4 is 9.79 Å². The number of hydrogen-bond acceptors (Lipinski definition) is 5. The average Bonchev–Trinajstić information content (AvgIpc) is 2.93. The molecule has 22 heavy (non-hydrogen) atoms. The molecule has 1 aromatic heterocycles. The maximum atomic E-state index is 12.3. The Kier molecular flexibility index (Phi) is 4.92. The molecule has 1 aliphatic heterocycles. The first-order chi connectivity index (χ1) is 10.7. The molecule has 1 aliphatic carbocycles. The summed E-state index contributed by atoms with van der Waals surface area (Å²) >= 11 is 0. The topological polar surface area (TPSA) is 82.5 Å². The van der Waals surface area contributed by atoms with Crippen molar-refractivity contribution in [1.82, 2.24) is 10.2 Å². The predicted molar refractivity (Wildman–Crippen MR) is 73.7 cm³/mol. The zero-order chi connectivity index (χ0) is 15.4. The van der Waals surface area contributed by atoms with Crippen LogP contribution in [0.4, 0.5) is 0 Å². The summed E-state index contributed by atoms with van der Waals surface area (Å²) < 4.78 is 11.5. The molecule has 0 radical (unpaired) electrons. The van der Waals surface area contributed by atoms with E-state index in [2.05, 4.69) is 9.79 Å². The number of ether oxygens (including phenoxy) is 1. The minimum absolute atomic E-state index is 0.0435. The molecule has 122 valence electrons. The van der Waals surface area contributed by atoms with Gasteiger partial charge in [-0.15, -0.1) is 0 Å². The lowest BCUT2D eigenvalue weighted by Crippen LogP contribution is -2.51. The van der Waals surface area contributed by atoms with E-state index in [0.29, 0.717) is 19.7 Å². The van der Waals surface area contributed by atoms with Crippen LogP contribution in [0.15, 0.2) is 10.7 Å². The molecule has 2 aliphatic rings. The van der Waals surface area contributed by atoms with E-state index in [1.54, 1.807) is 0 Å². The Morgan fingerprint density at radius 3 is 2.95 bits per heavy atom. The number of hydrogen-bond donors (Lipinski definition) is 0. The predicted octanol–water partition coefficient (Wildman–Crippen LogP) is 0.233. The second-order valence-corrected chi connectivity index (χ2v) is 6.29. The molecule has 1 aromatic rings. The molecule has 1 amide bonds. The number of amides is 1. The van der Waals surface area contributed by atoms with Gasteiger partial charge in [-0.3, -0.25) is 4.79 Å². The van der Waals surface area contributed by atoms with Gasteiger partial charge in [-0.2, -0.15) is 0 Å². The van der Waals surface area contributed by atoms with Gasteiger partial charge in [0.1, 0.15) is 5.95 Å². The summed E-state index contributed by atoms with van der Waals surface area (Å²) in [5.41, 5.74) is 0. The van der Waals surface area contributed by atoms with E-state index in [9.17, 15) is 9.90 Å². The summed E-state index contributed by atoms with van der Waals surface area (Å²) in [6.45, 7) is 1.86. The van der Waals surface area contributed by atoms with Crippen LogP contribution >= 0.6 is 0 Å². The Balaban J connectivity index is 1.49. The first kappa shape index (κ1) is 15.3. The molecule has 3 rings (SSSR count). The third kappa shape index (κ3) is 3.97. The van der Waals surface area contributed by atoms with Crippen molar-refractivity contribution in [1.29, 1.82) is 0 Å². The molecule has 1 atom stereocenters. The van der Waals surface area contributed by atoms with E-state index in [4.69, 9.17) is 4.74 Å². The second-order valence-electron chi connectivity index (χ2n) is 6.29. The first-order valence-corrected chi connectivity index (χ1v) is 8.13. The zero-order valence-electron chi connectivity index (χ0n) is 12.8. The van der Waals surface area contributed by atoms with Crippen molar-refractivity contribution in [3.8, 4) is 5.95 Å². The normalized spacial score (nSPS) is 23.6. The molecule has 2 heterocycles. The summed E-state index contributed by atoms with van der Waals surface area (Å²) in [7, 11) is 0. The van der Waals surface area contributed by atoms with E-state index in [1.165, 1.54) is 43.0 Å². The quantitative estimate of drug-likeness (QED) is 0.744. The number of aromatic nitrogens is 2. The Morgan fingerprint density at radius 2 is 2.23 bits per heavy atom. The van der Waals surface area contributed by atoms with Crippen LogP contribution in [0.3, 0.4) is 0 Å². The Bertz CT molecular complexity index is 499. The van der Waals surface area contributed by atoms with Gasteiger partial charge in [0.05, 0.1) is 18.0 Å². The lowest BCUT2D eigenvalue weighted by molar-refractivity contribution is -0.751. The third-order valence-electron chi connectivity index (χ3n) is 4.60. The smallest absolute Gasteiger partial charge is 0.291 e. The minimum atomic E-state index is -0.537. The number of carbonyl (C=O) groups excluding carboxylic acids is 1. The number of rotatable bonds is 4. The summed E-state index contributed by atoms with van der Waals surface area (Å²) in [5, 5.41) is 14.4. The molecular formula is C15H23N3O4.